The first kappa shape index (κ1) is 22.3. The molecule has 1 fully saturated rings. The lowest BCUT2D eigenvalue weighted by atomic mass is 9.72. The Balaban J connectivity index is 1.49. The van der Waals surface area contributed by atoms with E-state index in [1.165, 1.54) is 16.7 Å². The Morgan fingerprint density at radius 2 is 1.72 bits per heavy atom. The maximum Gasteiger partial charge on any atom is 0.228 e. The average Bonchev–Trinajstić information content (AvgIpc) is 3.32. The van der Waals surface area contributed by atoms with Crippen molar-refractivity contribution >= 4 is 11.8 Å². The third kappa shape index (κ3) is 4.95. The highest BCUT2D eigenvalue weighted by Gasteiger charge is 2.43. The molecule has 1 atom stereocenters. The fourth-order valence-electron chi connectivity index (χ4n) is 5.23. The molecule has 4 heteroatoms. The van der Waals surface area contributed by atoms with Gasteiger partial charge in [-0.2, -0.15) is 0 Å². The van der Waals surface area contributed by atoms with Gasteiger partial charge < -0.3 is 9.80 Å². The molecule has 1 aliphatic carbocycles. The van der Waals surface area contributed by atoms with E-state index in [9.17, 15) is 9.59 Å². The summed E-state index contributed by atoms with van der Waals surface area (Å²) in [6.07, 6.45) is 9.26. The lowest BCUT2D eigenvalue weighted by Crippen LogP contribution is -2.51. The van der Waals surface area contributed by atoms with Crippen LogP contribution >= 0.6 is 0 Å². The zero-order valence-corrected chi connectivity index (χ0v) is 19.3. The van der Waals surface area contributed by atoms with E-state index in [1.807, 2.05) is 37.2 Å². The number of nitrogens with zero attached hydrogens (tertiary/aromatic N) is 2. The highest BCUT2D eigenvalue weighted by Crippen LogP contribution is 2.38. The maximum atomic E-state index is 13.3. The Hall–Kier alpha value is -2.88. The first-order valence-electron chi connectivity index (χ1n) is 11.8. The second kappa shape index (κ2) is 9.72. The van der Waals surface area contributed by atoms with Crippen LogP contribution in [-0.4, -0.2) is 48.8 Å². The lowest BCUT2D eigenvalue weighted by Gasteiger charge is -2.42. The van der Waals surface area contributed by atoms with Crippen molar-refractivity contribution in [1.29, 1.82) is 0 Å². The van der Waals surface area contributed by atoms with Crippen LogP contribution in [0.5, 0.6) is 0 Å². The fourth-order valence-corrected chi connectivity index (χ4v) is 5.23. The summed E-state index contributed by atoms with van der Waals surface area (Å²) in [4.78, 5) is 29.9. The molecule has 0 N–H and O–H groups in total. The number of rotatable bonds is 6. The molecule has 1 saturated heterocycles. The van der Waals surface area contributed by atoms with Crippen molar-refractivity contribution in [2.45, 2.75) is 38.5 Å². The number of carbonyl (C=O) groups excluding carboxylic acids is 2. The van der Waals surface area contributed by atoms with Gasteiger partial charge in [0, 0.05) is 33.6 Å². The number of benzene rings is 2. The van der Waals surface area contributed by atoms with Gasteiger partial charge in [0.05, 0.1) is 5.41 Å². The van der Waals surface area contributed by atoms with Crippen LogP contribution in [0.3, 0.4) is 0 Å². The summed E-state index contributed by atoms with van der Waals surface area (Å²) in [5.74, 6) is 0.797. The Kier molecular flexibility index (Phi) is 6.78. The molecule has 0 bridgehead atoms. The van der Waals surface area contributed by atoms with Gasteiger partial charge in [0.15, 0.2) is 0 Å². The number of piperidine rings is 1. The molecule has 2 aromatic rings. The van der Waals surface area contributed by atoms with Crippen LogP contribution in [-0.2, 0) is 16.0 Å². The van der Waals surface area contributed by atoms with Crippen molar-refractivity contribution in [3.8, 4) is 11.1 Å². The Bertz CT molecular complexity index is 972. The molecule has 168 valence electrons. The maximum absolute atomic E-state index is 13.3. The highest BCUT2D eigenvalue weighted by atomic mass is 16.2. The zero-order chi connectivity index (χ0) is 22.6. The van der Waals surface area contributed by atoms with E-state index < -0.39 is 5.41 Å². The summed E-state index contributed by atoms with van der Waals surface area (Å²) >= 11 is 0. The highest BCUT2D eigenvalue weighted by molar-refractivity contribution is 5.84. The van der Waals surface area contributed by atoms with Crippen LogP contribution in [0.4, 0.5) is 0 Å². The van der Waals surface area contributed by atoms with Crippen molar-refractivity contribution in [1.82, 2.24) is 9.80 Å². The predicted octanol–water partition coefficient (Wildman–Crippen LogP) is 4.95. The van der Waals surface area contributed by atoms with Gasteiger partial charge in [-0.3, -0.25) is 9.59 Å². The Morgan fingerprint density at radius 1 is 1.00 bits per heavy atom. The molecule has 4 rings (SSSR count). The molecule has 0 spiro atoms. The van der Waals surface area contributed by atoms with E-state index in [0.29, 0.717) is 44.7 Å². The van der Waals surface area contributed by atoms with Crippen LogP contribution in [0.1, 0.15) is 37.7 Å². The molecule has 2 amide bonds. The van der Waals surface area contributed by atoms with E-state index in [1.54, 1.807) is 4.90 Å². The van der Waals surface area contributed by atoms with E-state index in [2.05, 4.69) is 48.6 Å². The molecule has 2 aliphatic rings. The van der Waals surface area contributed by atoms with Crippen LogP contribution in [0.15, 0.2) is 66.7 Å². The second-order valence-corrected chi connectivity index (χ2v) is 9.57. The quantitative estimate of drug-likeness (QED) is 0.609. The summed E-state index contributed by atoms with van der Waals surface area (Å²) in [6.45, 7) is 1.32. The normalized spacial score (nSPS) is 19.7. The number of likely N-dealkylation sites (tertiary alicyclic amines) is 1. The number of hydrogen-bond acceptors (Lipinski definition) is 2. The summed E-state index contributed by atoms with van der Waals surface area (Å²) < 4.78 is 0. The van der Waals surface area contributed by atoms with Crippen LogP contribution in [0.2, 0.25) is 0 Å². The molecule has 1 heterocycles. The van der Waals surface area contributed by atoms with Gasteiger partial charge >= 0.3 is 0 Å². The molecular weight excluding hydrogens is 396 g/mol. The zero-order valence-electron chi connectivity index (χ0n) is 19.3. The van der Waals surface area contributed by atoms with Gasteiger partial charge in [-0.1, -0.05) is 66.7 Å². The minimum atomic E-state index is -0.456. The monoisotopic (exact) mass is 430 g/mol. The molecular formula is C28H34N2O2. The summed E-state index contributed by atoms with van der Waals surface area (Å²) in [5.41, 5.74) is 3.08. The molecule has 0 radical (unpaired) electrons. The lowest BCUT2D eigenvalue weighted by molar-refractivity contribution is -0.146. The predicted molar refractivity (Wildman–Crippen MR) is 129 cm³/mol. The summed E-state index contributed by atoms with van der Waals surface area (Å²) in [6, 6.07) is 18.9. The average molecular weight is 431 g/mol. The minimum Gasteiger partial charge on any atom is -0.348 e. The standard InChI is InChI=1S/C28H34N2O2/c1-29(2)27(32)28(15-17-30(18-16-28)26(31)20-22-9-6-7-10-22)21-23-11-8-14-25(19-23)24-12-4-3-5-13-24/h3-6,8-9,11-14,19,22H,7,10,15-18,20-21H2,1-2H3/t22-/m1/s1. The summed E-state index contributed by atoms with van der Waals surface area (Å²) in [7, 11) is 3.68. The van der Waals surface area contributed by atoms with Crippen molar-refractivity contribution in [3.05, 3.63) is 72.3 Å². The van der Waals surface area contributed by atoms with Crippen LogP contribution in [0.25, 0.3) is 11.1 Å². The number of amides is 2. The Morgan fingerprint density at radius 3 is 2.38 bits per heavy atom. The molecule has 0 saturated carbocycles. The van der Waals surface area contributed by atoms with Crippen LogP contribution in [0, 0.1) is 11.3 Å². The fraction of sp³-hybridized carbons (Fsp3) is 0.429. The minimum absolute atomic E-state index is 0.174. The van der Waals surface area contributed by atoms with E-state index in [0.717, 1.165) is 12.8 Å². The largest absolute Gasteiger partial charge is 0.348 e. The topological polar surface area (TPSA) is 40.6 Å². The van der Waals surface area contributed by atoms with Gasteiger partial charge in [-0.15, -0.1) is 0 Å². The van der Waals surface area contributed by atoms with Crippen molar-refractivity contribution in [2.24, 2.45) is 11.3 Å². The summed E-state index contributed by atoms with van der Waals surface area (Å²) in [5, 5.41) is 0. The van der Waals surface area contributed by atoms with Gasteiger partial charge in [0.2, 0.25) is 11.8 Å². The van der Waals surface area contributed by atoms with Crippen LogP contribution < -0.4 is 0 Å². The van der Waals surface area contributed by atoms with E-state index in [4.69, 9.17) is 0 Å². The molecule has 32 heavy (non-hydrogen) atoms. The van der Waals surface area contributed by atoms with Gasteiger partial charge in [-0.25, -0.2) is 0 Å². The second-order valence-electron chi connectivity index (χ2n) is 9.57. The van der Waals surface area contributed by atoms with E-state index >= 15 is 0 Å². The third-order valence-electron chi connectivity index (χ3n) is 7.06. The van der Waals surface area contributed by atoms with Crippen molar-refractivity contribution in [2.75, 3.05) is 27.2 Å². The molecule has 0 aromatic heterocycles. The number of hydrogen-bond donors (Lipinski definition) is 0. The first-order chi connectivity index (χ1) is 15.5. The molecule has 2 aromatic carbocycles. The smallest absolute Gasteiger partial charge is 0.228 e. The third-order valence-corrected chi connectivity index (χ3v) is 7.06. The first-order valence-corrected chi connectivity index (χ1v) is 11.8. The Labute approximate surface area is 191 Å². The molecule has 1 aliphatic heterocycles. The molecule has 4 nitrogen and oxygen atoms in total. The molecule has 0 unspecified atom stereocenters. The van der Waals surface area contributed by atoms with E-state index in [-0.39, 0.29) is 11.8 Å². The SMILES string of the molecule is CN(C)C(=O)C1(Cc2cccc(-c3ccccc3)c2)CCN(C(=O)C[C@@H]2C=CCC2)CC1. The van der Waals surface area contributed by atoms with Gasteiger partial charge in [0.1, 0.15) is 0 Å². The van der Waals surface area contributed by atoms with Gasteiger partial charge in [-0.05, 0) is 54.7 Å². The van der Waals surface area contributed by atoms with Gasteiger partial charge in [0.25, 0.3) is 0 Å². The number of allylic oxidation sites excluding steroid dienone is 2. The number of carbonyl (C=O) groups is 2. The van der Waals surface area contributed by atoms with Crippen molar-refractivity contribution < 1.29 is 9.59 Å². The van der Waals surface area contributed by atoms with Crippen molar-refractivity contribution in [3.63, 3.8) is 0 Å².